The number of rotatable bonds is 14. The van der Waals surface area contributed by atoms with E-state index in [1.54, 1.807) is 62.6 Å². The number of aryl methyl sites for hydroxylation is 1. The molecule has 2 amide bonds. The third-order valence-corrected chi connectivity index (χ3v) is 8.56. The lowest BCUT2D eigenvalue weighted by atomic mass is 10.1. The Hall–Kier alpha value is -4.25. The van der Waals surface area contributed by atoms with E-state index in [2.05, 4.69) is 5.32 Å². The molecule has 3 aromatic rings. The Morgan fingerprint density at radius 3 is 2.10 bits per heavy atom. The predicted molar refractivity (Wildman–Crippen MR) is 162 cm³/mol. The largest absolute Gasteiger partial charge is 0.497 e. The second-order valence-electron chi connectivity index (χ2n) is 9.70. The first kappa shape index (κ1) is 32.3. The van der Waals surface area contributed by atoms with Gasteiger partial charge in [0.1, 0.15) is 18.3 Å². The number of hydrogen-bond acceptors (Lipinski definition) is 7. The van der Waals surface area contributed by atoms with Gasteiger partial charge < -0.3 is 24.4 Å². The molecule has 0 aromatic heterocycles. The van der Waals surface area contributed by atoms with Gasteiger partial charge >= 0.3 is 0 Å². The van der Waals surface area contributed by atoms with E-state index in [0.717, 1.165) is 21.9 Å². The summed E-state index contributed by atoms with van der Waals surface area (Å²) in [6.07, 6.45) is 0.729. The Balaban J connectivity index is 2.07. The van der Waals surface area contributed by atoms with Gasteiger partial charge in [-0.2, -0.15) is 0 Å². The number of hydrogen-bond donors (Lipinski definition) is 1. The van der Waals surface area contributed by atoms with Crippen molar-refractivity contribution in [3.05, 3.63) is 77.9 Å². The molecule has 0 aliphatic rings. The average Bonchev–Trinajstić information content (AvgIpc) is 3.00. The van der Waals surface area contributed by atoms with Gasteiger partial charge in [-0.05, 0) is 62.2 Å². The topological polar surface area (TPSA) is 114 Å². The van der Waals surface area contributed by atoms with Crippen LogP contribution in [0.5, 0.6) is 17.2 Å². The number of carbonyl (C=O) groups is 2. The third kappa shape index (κ3) is 7.73. The number of nitrogens with one attached hydrogen (secondary N) is 1. The van der Waals surface area contributed by atoms with E-state index in [1.165, 1.54) is 37.3 Å². The van der Waals surface area contributed by atoms with Gasteiger partial charge in [-0.1, -0.05) is 36.8 Å². The summed E-state index contributed by atoms with van der Waals surface area (Å²) in [6.45, 7) is 5.38. The Morgan fingerprint density at radius 1 is 0.881 bits per heavy atom. The first-order chi connectivity index (χ1) is 20.0. The van der Waals surface area contributed by atoms with Crippen LogP contribution in [0.3, 0.4) is 0 Å². The number of methoxy groups -OCH3 is 3. The highest BCUT2D eigenvalue weighted by Crippen LogP contribution is 2.34. The Bertz CT molecular complexity index is 1460. The molecule has 0 aliphatic carbocycles. The summed E-state index contributed by atoms with van der Waals surface area (Å²) in [4.78, 5) is 28.5. The molecule has 0 heterocycles. The summed E-state index contributed by atoms with van der Waals surface area (Å²) in [5, 5.41) is 2.83. The highest BCUT2D eigenvalue weighted by molar-refractivity contribution is 7.92. The first-order valence-electron chi connectivity index (χ1n) is 13.6. The van der Waals surface area contributed by atoms with Gasteiger partial charge in [-0.15, -0.1) is 0 Å². The standard InChI is InChI=1S/C31H39N3O7S/c1-7-18-32-31(36)23(3)33(20-24-10-13-26(39-4)14-11-24)30(35)21-34(25-12-17-28(40-5)29(19-25)41-6)42(37,38)27-15-8-22(2)9-16-27/h8-17,19,23H,7,18,20-21H2,1-6H3,(H,32,36)/t23-/m1/s1. The van der Waals surface area contributed by atoms with Crippen LogP contribution < -0.4 is 23.8 Å². The molecule has 0 bridgehead atoms. The molecule has 1 atom stereocenters. The summed E-state index contributed by atoms with van der Waals surface area (Å²) in [5.41, 5.74) is 1.84. The molecule has 42 heavy (non-hydrogen) atoms. The van der Waals surface area contributed by atoms with Crippen molar-refractivity contribution in [2.75, 3.05) is 38.7 Å². The zero-order valence-corrected chi connectivity index (χ0v) is 25.7. The quantitative estimate of drug-likeness (QED) is 0.297. The molecule has 1 N–H and O–H groups in total. The molecule has 0 spiro atoms. The van der Waals surface area contributed by atoms with Crippen molar-refractivity contribution in [2.45, 2.75) is 44.7 Å². The number of nitrogens with zero attached hydrogens (tertiary/aromatic N) is 2. The van der Waals surface area contributed by atoms with Crippen molar-refractivity contribution in [3.63, 3.8) is 0 Å². The molecule has 226 valence electrons. The van der Waals surface area contributed by atoms with Gasteiger partial charge in [0, 0.05) is 19.2 Å². The molecule has 0 aliphatic heterocycles. The van der Waals surface area contributed by atoms with Crippen LogP contribution in [0.1, 0.15) is 31.4 Å². The van der Waals surface area contributed by atoms with Crippen molar-refractivity contribution in [3.8, 4) is 17.2 Å². The zero-order valence-electron chi connectivity index (χ0n) is 24.9. The van der Waals surface area contributed by atoms with Crippen LogP contribution in [0.15, 0.2) is 71.6 Å². The van der Waals surface area contributed by atoms with Gasteiger partial charge in [0.05, 0.1) is 31.9 Å². The molecule has 0 saturated heterocycles. The summed E-state index contributed by atoms with van der Waals surface area (Å²) in [5.74, 6) is 0.457. The summed E-state index contributed by atoms with van der Waals surface area (Å²) in [7, 11) is 0.263. The van der Waals surface area contributed by atoms with Crippen LogP contribution >= 0.6 is 0 Å². The molecule has 3 rings (SSSR count). The van der Waals surface area contributed by atoms with Crippen LogP contribution in [0.4, 0.5) is 5.69 Å². The monoisotopic (exact) mass is 597 g/mol. The Kier molecular flexibility index (Phi) is 11.2. The molecule has 0 fully saturated rings. The number of carbonyl (C=O) groups excluding carboxylic acids is 2. The van der Waals surface area contributed by atoms with E-state index in [4.69, 9.17) is 14.2 Å². The number of amides is 2. The van der Waals surface area contributed by atoms with E-state index in [9.17, 15) is 18.0 Å². The Labute approximate surface area is 248 Å². The highest BCUT2D eigenvalue weighted by Gasteiger charge is 2.33. The van der Waals surface area contributed by atoms with Crippen molar-refractivity contribution in [1.82, 2.24) is 10.2 Å². The molecule has 10 nitrogen and oxygen atoms in total. The summed E-state index contributed by atoms with van der Waals surface area (Å²) < 4.78 is 45.0. The Morgan fingerprint density at radius 2 is 1.52 bits per heavy atom. The van der Waals surface area contributed by atoms with Crippen molar-refractivity contribution in [1.29, 1.82) is 0 Å². The van der Waals surface area contributed by atoms with E-state index in [-0.39, 0.29) is 23.0 Å². The van der Waals surface area contributed by atoms with Gasteiger partial charge in [-0.3, -0.25) is 13.9 Å². The molecular formula is C31H39N3O7S. The first-order valence-corrected chi connectivity index (χ1v) is 15.0. The zero-order chi connectivity index (χ0) is 30.9. The molecule has 3 aromatic carbocycles. The van der Waals surface area contributed by atoms with Crippen molar-refractivity contribution >= 4 is 27.5 Å². The lowest BCUT2D eigenvalue weighted by Gasteiger charge is -2.32. The maximum absolute atomic E-state index is 14.0. The maximum Gasteiger partial charge on any atom is 0.264 e. The van der Waals surface area contributed by atoms with Gasteiger partial charge in [-0.25, -0.2) is 8.42 Å². The molecule has 0 saturated carbocycles. The second kappa shape index (κ2) is 14.6. The van der Waals surface area contributed by atoms with Crippen molar-refractivity contribution < 1.29 is 32.2 Å². The predicted octanol–water partition coefficient (Wildman–Crippen LogP) is 4.16. The number of benzene rings is 3. The minimum Gasteiger partial charge on any atom is -0.497 e. The smallest absolute Gasteiger partial charge is 0.264 e. The van der Waals surface area contributed by atoms with E-state index in [1.807, 2.05) is 13.8 Å². The van der Waals surface area contributed by atoms with E-state index >= 15 is 0 Å². The molecular weight excluding hydrogens is 558 g/mol. The molecule has 11 heteroatoms. The third-order valence-electron chi connectivity index (χ3n) is 6.77. The average molecular weight is 598 g/mol. The SMILES string of the molecule is CCCNC(=O)[C@@H](C)N(Cc1ccc(OC)cc1)C(=O)CN(c1ccc(OC)c(OC)c1)S(=O)(=O)c1ccc(C)cc1. The van der Waals surface area contributed by atoms with Gasteiger partial charge in [0.15, 0.2) is 11.5 Å². The van der Waals surface area contributed by atoms with Crippen LogP contribution in [0.25, 0.3) is 0 Å². The summed E-state index contributed by atoms with van der Waals surface area (Å²) >= 11 is 0. The maximum atomic E-state index is 14.0. The fourth-order valence-electron chi connectivity index (χ4n) is 4.25. The number of sulfonamides is 1. The van der Waals surface area contributed by atoms with Crippen LogP contribution in [-0.2, 0) is 26.2 Å². The van der Waals surface area contributed by atoms with Crippen LogP contribution in [0.2, 0.25) is 0 Å². The lowest BCUT2D eigenvalue weighted by Crippen LogP contribution is -2.51. The number of ether oxygens (including phenoxy) is 3. The van der Waals surface area contributed by atoms with Crippen LogP contribution in [0, 0.1) is 6.92 Å². The highest BCUT2D eigenvalue weighted by atomic mass is 32.2. The summed E-state index contributed by atoms with van der Waals surface area (Å²) in [6, 6.07) is 17.2. The van der Waals surface area contributed by atoms with E-state index in [0.29, 0.717) is 23.8 Å². The minimum absolute atomic E-state index is 0.0196. The minimum atomic E-state index is -4.21. The number of anilines is 1. The van der Waals surface area contributed by atoms with Gasteiger partial charge in [0.2, 0.25) is 11.8 Å². The molecule has 0 unspecified atom stereocenters. The van der Waals surface area contributed by atoms with Crippen LogP contribution in [-0.4, -0.2) is 65.6 Å². The fourth-order valence-corrected chi connectivity index (χ4v) is 5.66. The van der Waals surface area contributed by atoms with Gasteiger partial charge in [0.25, 0.3) is 10.0 Å². The second-order valence-corrected chi connectivity index (χ2v) is 11.6. The van der Waals surface area contributed by atoms with E-state index < -0.39 is 28.5 Å². The normalized spacial score (nSPS) is 11.8. The van der Waals surface area contributed by atoms with Crippen molar-refractivity contribution in [2.24, 2.45) is 0 Å². The molecule has 0 radical (unpaired) electrons. The fraction of sp³-hybridized carbons (Fsp3) is 0.355. The lowest BCUT2D eigenvalue weighted by molar-refractivity contribution is -0.139.